The Morgan fingerprint density at radius 1 is 0.333 bits per heavy atom. The minimum absolute atomic E-state index is 0.362. The second-order valence-electron chi connectivity index (χ2n) is 15.9. The maximum Gasteiger partial charge on any atom is 0.410 e. The lowest BCUT2D eigenvalue weighted by Gasteiger charge is -2.24. The molecule has 0 aliphatic carbocycles. The minimum atomic E-state index is -0.510. The standard InChI is InChI=1S/C46H93NO13/c1-6-7-8-9-10-11-12-13-14-15-16-17-18-19-20-21-23-49-25-27-51-29-31-53-33-35-55-37-39-57-41-43-59-44-42-58-40-38-56-36-34-54-32-30-52-28-26-50-24-22-47(5)45(48)60-46(2,3)4/h6-44H2,1-5H3. The Hall–Kier alpha value is -1.17. The highest BCUT2D eigenvalue weighted by Gasteiger charge is 2.19. The summed E-state index contributed by atoms with van der Waals surface area (Å²) in [5.74, 6) is 0. The van der Waals surface area contributed by atoms with Crippen LogP contribution < -0.4 is 0 Å². The molecule has 0 atom stereocenters. The molecule has 0 aromatic rings. The summed E-state index contributed by atoms with van der Waals surface area (Å²) in [5.41, 5.74) is -0.510. The van der Waals surface area contributed by atoms with Crippen molar-refractivity contribution in [2.24, 2.45) is 0 Å². The van der Waals surface area contributed by atoms with Gasteiger partial charge >= 0.3 is 6.09 Å². The first-order valence-electron chi connectivity index (χ1n) is 23.7. The van der Waals surface area contributed by atoms with E-state index in [1.54, 1.807) is 7.05 Å². The van der Waals surface area contributed by atoms with Gasteiger partial charge in [-0.1, -0.05) is 103 Å². The average Bonchev–Trinajstić information content (AvgIpc) is 3.22. The molecular formula is C46H93NO13. The van der Waals surface area contributed by atoms with Gasteiger partial charge in [0.15, 0.2) is 0 Å². The molecule has 0 aromatic heterocycles. The third kappa shape index (κ3) is 51.2. The molecule has 0 heterocycles. The Labute approximate surface area is 366 Å². The number of carbonyl (C=O) groups is 1. The summed E-state index contributed by atoms with van der Waals surface area (Å²) >= 11 is 0. The van der Waals surface area contributed by atoms with Crippen LogP contribution in [0.3, 0.4) is 0 Å². The van der Waals surface area contributed by atoms with Crippen LogP contribution in [0.2, 0.25) is 0 Å². The van der Waals surface area contributed by atoms with E-state index < -0.39 is 5.60 Å². The molecule has 1 amide bonds. The van der Waals surface area contributed by atoms with Crippen molar-refractivity contribution >= 4 is 6.09 Å². The van der Waals surface area contributed by atoms with Crippen LogP contribution in [-0.4, -0.2) is 176 Å². The molecule has 0 saturated carbocycles. The predicted molar refractivity (Wildman–Crippen MR) is 237 cm³/mol. The first-order chi connectivity index (χ1) is 29.4. The molecular weight excluding hydrogens is 774 g/mol. The lowest BCUT2D eigenvalue weighted by Crippen LogP contribution is -2.36. The molecule has 0 bridgehead atoms. The summed E-state index contributed by atoms with van der Waals surface area (Å²) in [6.07, 6.45) is 21.8. The number of nitrogens with zero attached hydrogens (tertiary/aromatic N) is 1. The van der Waals surface area contributed by atoms with Gasteiger partial charge in [-0.15, -0.1) is 0 Å². The van der Waals surface area contributed by atoms with E-state index in [0.29, 0.717) is 145 Å². The van der Waals surface area contributed by atoms with E-state index in [9.17, 15) is 4.79 Å². The molecule has 0 saturated heterocycles. The fourth-order valence-electron chi connectivity index (χ4n) is 5.69. The number of hydrogen-bond acceptors (Lipinski definition) is 13. The van der Waals surface area contributed by atoms with Crippen LogP contribution in [-0.2, 0) is 56.8 Å². The van der Waals surface area contributed by atoms with Crippen LogP contribution in [0.15, 0.2) is 0 Å². The first-order valence-corrected chi connectivity index (χ1v) is 23.7. The van der Waals surface area contributed by atoms with Gasteiger partial charge in [0, 0.05) is 20.2 Å². The van der Waals surface area contributed by atoms with Crippen molar-refractivity contribution in [3.63, 3.8) is 0 Å². The van der Waals surface area contributed by atoms with E-state index >= 15 is 0 Å². The lowest BCUT2D eigenvalue weighted by molar-refractivity contribution is -0.0277. The molecule has 0 spiro atoms. The van der Waals surface area contributed by atoms with E-state index in [-0.39, 0.29) is 6.09 Å². The largest absolute Gasteiger partial charge is 0.444 e. The number of amides is 1. The number of likely N-dealkylation sites (N-methyl/N-ethyl adjacent to an activating group) is 1. The van der Waals surface area contributed by atoms with Crippen LogP contribution >= 0.6 is 0 Å². The molecule has 0 fully saturated rings. The molecule has 60 heavy (non-hydrogen) atoms. The fraction of sp³-hybridized carbons (Fsp3) is 0.978. The summed E-state index contributed by atoms with van der Waals surface area (Å²) in [7, 11) is 1.69. The molecule has 0 radical (unpaired) electrons. The lowest BCUT2D eigenvalue weighted by atomic mass is 10.0. The van der Waals surface area contributed by atoms with Crippen molar-refractivity contribution in [1.82, 2.24) is 4.90 Å². The van der Waals surface area contributed by atoms with Gasteiger partial charge in [0.2, 0.25) is 0 Å². The topological polar surface area (TPSA) is 131 Å². The van der Waals surface area contributed by atoms with Gasteiger partial charge in [-0.2, -0.15) is 0 Å². The van der Waals surface area contributed by atoms with Crippen LogP contribution in [0.25, 0.3) is 0 Å². The number of unbranched alkanes of at least 4 members (excludes halogenated alkanes) is 15. The zero-order valence-corrected chi connectivity index (χ0v) is 39.3. The molecule has 0 unspecified atom stereocenters. The normalized spacial score (nSPS) is 11.8. The molecule has 14 nitrogen and oxygen atoms in total. The van der Waals surface area contributed by atoms with Crippen molar-refractivity contribution in [3.05, 3.63) is 0 Å². The molecule has 14 heteroatoms. The third-order valence-electron chi connectivity index (χ3n) is 9.14. The highest BCUT2D eigenvalue weighted by atomic mass is 16.6. The van der Waals surface area contributed by atoms with Gasteiger partial charge in [0.05, 0.1) is 139 Å². The maximum absolute atomic E-state index is 11.9. The summed E-state index contributed by atoms with van der Waals surface area (Å²) in [5, 5.41) is 0. The Morgan fingerprint density at radius 2 is 0.550 bits per heavy atom. The van der Waals surface area contributed by atoms with Gasteiger partial charge in [0.1, 0.15) is 5.60 Å². The Morgan fingerprint density at radius 3 is 0.800 bits per heavy atom. The van der Waals surface area contributed by atoms with E-state index in [4.69, 9.17) is 56.8 Å². The third-order valence-corrected chi connectivity index (χ3v) is 9.14. The smallest absolute Gasteiger partial charge is 0.410 e. The Bertz CT molecular complexity index is 837. The van der Waals surface area contributed by atoms with Crippen molar-refractivity contribution < 1.29 is 61.6 Å². The molecule has 0 aliphatic rings. The molecule has 0 rings (SSSR count). The van der Waals surface area contributed by atoms with Crippen molar-refractivity contribution in [3.8, 4) is 0 Å². The molecule has 0 aliphatic heterocycles. The highest BCUT2D eigenvalue weighted by molar-refractivity contribution is 5.67. The summed E-state index contributed by atoms with van der Waals surface area (Å²) in [4.78, 5) is 13.4. The van der Waals surface area contributed by atoms with Crippen LogP contribution in [0.1, 0.15) is 130 Å². The van der Waals surface area contributed by atoms with E-state index in [0.717, 1.165) is 13.0 Å². The Kier molecular flexibility index (Phi) is 47.9. The predicted octanol–water partition coefficient (Wildman–Crippen LogP) is 8.30. The summed E-state index contributed by atoms with van der Waals surface area (Å²) in [6, 6.07) is 0. The SMILES string of the molecule is CCCCCCCCCCCCCCCCCCOCCOCCOCCOCCOCCOCCOCCOCCOCCOCCOCCN(C)C(=O)OC(C)(C)C. The van der Waals surface area contributed by atoms with Crippen LogP contribution in [0.5, 0.6) is 0 Å². The average molecular weight is 868 g/mol. The van der Waals surface area contributed by atoms with Gasteiger partial charge in [0.25, 0.3) is 0 Å². The van der Waals surface area contributed by atoms with Gasteiger partial charge in [-0.3, -0.25) is 0 Å². The number of rotatable bonds is 50. The monoisotopic (exact) mass is 868 g/mol. The summed E-state index contributed by atoms with van der Waals surface area (Å²) in [6.45, 7) is 19.9. The molecule has 0 aromatic carbocycles. The first kappa shape index (κ1) is 58.8. The fourth-order valence-corrected chi connectivity index (χ4v) is 5.69. The number of hydrogen-bond donors (Lipinski definition) is 0. The Balaban J connectivity index is 3.12. The maximum atomic E-state index is 11.9. The number of ether oxygens (including phenoxy) is 12. The van der Waals surface area contributed by atoms with E-state index in [1.807, 2.05) is 20.8 Å². The van der Waals surface area contributed by atoms with Crippen molar-refractivity contribution in [2.45, 2.75) is 136 Å². The quantitative estimate of drug-likeness (QED) is 0.0544. The summed E-state index contributed by atoms with van der Waals surface area (Å²) < 4.78 is 66.2. The van der Waals surface area contributed by atoms with Crippen LogP contribution in [0, 0.1) is 0 Å². The van der Waals surface area contributed by atoms with Crippen molar-refractivity contribution in [1.29, 1.82) is 0 Å². The zero-order chi connectivity index (χ0) is 43.7. The minimum Gasteiger partial charge on any atom is -0.444 e. The van der Waals surface area contributed by atoms with Crippen LogP contribution in [0.4, 0.5) is 4.79 Å². The van der Waals surface area contributed by atoms with Gasteiger partial charge in [-0.25, -0.2) is 4.79 Å². The second kappa shape index (κ2) is 48.9. The highest BCUT2D eigenvalue weighted by Crippen LogP contribution is 2.14. The zero-order valence-electron chi connectivity index (χ0n) is 39.3. The van der Waals surface area contributed by atoms with E-state index in [2.05, 4.69) is 6.92 Å². The van der Waals surface area contributed by atoms with E-state index in [1.165, 1.54) is 101 Å². The molecule has 360 valence electrons. The molecule has 0 N–H and O–H groups in total. The number of carbonyl (C=O) groups excluding carboxylic acids is 1. The van der Waals surface area contributed by atoms with Gasteiger partial charge < -0.3 is 61.7 Å². The van der Waals surface area contributed by atoms with Crippen molar-refractivity contribution in [2.75, 3.05) is 159 Å². The second-order valence-corrected chi connectivity index (χ2v) is 15.9. The van der Waals surface area contributed by atoms with Gasteiger partial charge in [-0.05, 0) is 27.2 Å².